The van der Waals surface area contributed by atoms with E-state index in [9.17, 15) is 9.59 Å². The molecule has 2 aliphatic rings. The van der Waals surface area contributed by atoms with Crippen molar-refractivity contribution in [2.75, 3.05) is 5.32 Å². The third-order valence-electron chi connectivity index (χ3n) is 6.11. The summed E-state index contributed by atoms with van der Waals surface area (Å²) < 4.78 is 7.13. The molecule has 0 saturated carbocycles. The molecule has 2 atom stereocenters. The summed E-state index contributed by atoms with van der Waals surface area (Å²) in [6.45, 7) is 11.4. The van der Waals surface area contributed by atoms with Gasteiger partial charge in [-0.1, -0.05) is 20.8 Å². The zero-order chi connectivity index (χ0) is 22.6. The van der Waals surface area contributed by atoms with Crippen LogP contribution in [0.5, 0.6) is 0 Å². The molecule has 168 valence electrons. The van der Waals surface area contributed by atoms with Gasteiger partial charge in [0.05, 0.1) is 11.7 Å². The molecule has 0 aliphatic carbocycles. The maximum atomic E-state index is 12.7. The van der Waals surface area contributed by atoms with Crippen molar-refractivity contribution in [3.05, 3.63) is 24.4 Å². The van der Waals surface area contributed by atoms with E-state index < -0.39 is 11.0 Å². The van der Waals surface area contributed by atoms with Crippen LogP contribution in [0.4, 0.5) is 10.5 Å². The van der Waals surface area contributed by atoms with Gasteiger partial charge in [-0.25, -0.2) is 4.79 Å². The second-order valence-electron chi connectivity index (χ2n) is 11.0. The van der Waals surface area contributed by atoms with Gasteiger partial charge < -0.3 is 15.0 Å². The fourth-order valence-electron chi connectivity index (χ4n) is 4.75. The van der Waals surface area contributed by atoms with Gasteiger partial charge in [0.1, 0.15) is 5.60 Å². The lowest BCUT2D eigenvalue weighted by atomic mass is 9.96. The highest BCUT2D eigenvalue weighted by atomic mass is 16.6. The molecule has 0 radical (unpaired) electrons. The summed E-state index contributed by atoms with van der Waals surface area (Å²) >= 11 is 0. The fraction of sp³-hybridized carbons (Fsp3) is 0.625. The Labute approximate surface area is 184 Å². The van der Waals surface area contributed by atoms with Crippen LogP contribution in [0.15, 0.2) is 24.4 Å². The molecule has 2 aliphatic heterocycles. The van der Waals surface area contributed by atoms with Crippen LogP contribution in [0.3, 0.4) is 0 Å². The molecular formula is C24H34N4O3. The predicted molar refractivity (Wildman–Crippen MR) is 121 cm³/mol. The number of amides is 1. The molecule has 1 amide bonds. The molecule has 1 aromatic heterocycles. The molecule has 4 rings (SSSR count). The molecular weight excluding hydrogens is 392 g/mol. The van der Waals surface area contributed by atoms with Crippen molar-refractivity contribution in [1.82, 2.24) is 14.7 Å². The van der Waals surface area contributed by atoms with Crippen LogP contribution in [0, 0.1) is 5.41 Å². The molecule has 2 aromatic rings. The zero-order valence-corrected chi connectivity index (χ0v) is 19.4. The number of nitrogens with one attached hydrogen (secondary N) is 1. The van der Waals surface area contributed by atoms with E-state index in [0.29, 0.717) is 6.04 Å². The highest BCUT2D eigenvalue weighted by Gasteiger charge is 2.44. The van der Waals surface area contributed by atoms with Crippen LogP contribution in [0.2, 0.25) is 0 Å². The monoisotopic (exact) mass is 426 g/mol. The smallest absolute Gasteiger partial charge is 0.410 e. The number of carbonyl (C=O) groups excluding carboxylic acids is 2. The van der Waals surface area contributed by atoms with E-state index in [4.69, 9.17) is 4.74 Å². The summed E-state index contributed by atoms with van der Waals surface area (Å²) in [6, 6.07) is 6.78. The van der Waals surface area contributed by atoms with Crippen molar-refractivity contribution in [3.8, 4) is 0 Å². The van der Waals surface area contributed by atoms with Crippen molar-refractivity contribution >= 4 is 28.6 Å². The van der Waals surface area contributed by atoms with Gasteiger partial charge in [0.2, 0.25) is 0 Å². The van der Waals surface area contributed by atoms with E-state index in [1.807, 2.05) is 58.6 Å². The van der Waals surface area contributed by atoms with Crippen molar-refractivity contribution in [3.63, 3.8) is 0 Å². The largest absolute Gasteiger partial charge is 0.444 e. The Hall–Kier alpha value is -2.57. The minimum atomic E-state index is -0.489. The lowest BCUT2D eigenvalue weighted by molar-refractivity contribution is 0.00682. The Balaban J connectivity index is 1.45. The first-order valence-electron chi connectivity index (χ1n) is 11.2. The summed E-state index contributed by atoms with van der Waals surface area (Å²) in [5.41, 5.74) is 0.882. The number of benzene rings is 1. The first kappa shape index (κ1) is 21.7. The second kappa shape index (κ2) is 7.53. The molecule has 7 heteroatoms. The quantitative estimate of drug-likeness (QED) is 0.726. The third kappa shape index (κ3) is 4.41. The Morgan fingerprint density at radius 1 is 1.06 bits per heavy atom. The number of fused-ring (bicyclic) bond motifs is 3. The van der Waals surface area contributed by atoms with Gasteiger partial charge in [0, 0.05) is 34.6 Å². The SMILES string of the molecule is CC(C)(C)OC(=O)N1C2CCC1CC(Nc1ccc3c(cnn3C(=O)C(C)(C)C)c1)C2. The van der Waals surface area contributed by atoms with Gasteiger partial charge in [-0.15, -0.1) is 0 Å². The van der Waals surface area contributed by atoms with Crippen LogP contribution in [-0.4, -0.2) is 50.4 Å². The summed E-state index contributed by atoms with van der Waals surface area (Å²) in [4.78, 5) is 27.3. The maximum absolute atomic E-state index is 12.7. The molecule has 2 fully saturated rings. The number of rotatable bonds is 2. The summed E-state index contributed by atoms with van der Waals surface area (Å²) in [5, 5.41) is 8.91. The number of aromatic nitrogens is 2. The fourth-order valence-corrected chi connectivity index (χ4v) is 4.75. The van der Waals surface area contributed by atoms with Gasteiger partial charge >= 0.3 is 6.09 Å². The summed E-state index contributed by atoms with van der Waals surface area (Å²) in [6.07, 6.45) is 5.45. The number of anilines is 1. The molecule has 1 aromatic carbocycles. The van der Waals surface area contributed by atoms with Crippen LogP contribution < -0.4 is 5.32 Å². The van der Waals surface area contributed by atoms with E-state index in [1.165, 1.54) is 4.68 Å². The Morgan fingerprint density at radius 3 is 2.29 bits per heavy atom. The standard InChI is InChI=1S/C24H34N4O3/c1-23(2,3)21(29)28-20-10-7-16(11-15(20)14-25-28)26-17-12-18-8-9-19(13-17)27(18)22(30)31-24(4,5)6/h7,10-11,14,17-19,26H,8-9,12-13H2,1-6H3. The van der Waals surface area contributed by atoms with Gasteiger partial charge in [-0.3, -0.25) is 4.79 Å². The van der Waals surface area contributed by atoms with Crippen LogP contribution in [0.25, 0.3) is 10.9 Å². The van der Waals surface area contributed by atoms with Crippen molar-refractivity contribution < 1.29 is 14.3 Å². The molecule has 1 N–H and O–H groups in total. The molecule has 2 saturated heterocycles. The Morgan fingerprint density at radius 2 is 1.71 bits per heavy atom. The van der Waals surface area contributed by atoms with Gasteiger partial charge in [-0.05, 0) is 64.7 Å². The number of hydrogen-bond acceptors (Lipinski definition) is 5. The molecule has 2 unspecified atom stereocenters. The third-order valence-corrected chi connectivity index (χ3v) is 6.11. The number of carbonyl (C=O) groups is 2. The van der Waals surface area contributed by atoms with E-state index in [0.717, 1.165) is 42.3 Å². The van der Waals surface area contributed by atoms with Gasteiger partial charge in [0.25, 0.3) is 5.91 Å². The van der Waals surface area contributed by atoms with E-state index in [1.54, 1.807) is 6.20 Å². The normalized spacial score (nSPS) is 23.8. The molecule has 7 nitrogen and oxygen atoms in total. The van der Waals surface area contributed by atoms with E-state index in [-0.39, 0.29) is 24.1 Å². The molecule has 2 bridgehead atoms. The number of nitrogens with zero attached hydrogens (tertiary/aromatic N) is 3. The van der Waals surface area contributed by atoms with Crippen molar-refractivity contribution in [1.29, 1.82) is 0 Å². The molecule has 0 spiro atoms. The van der Waals surface area contributed by atoms with Crippen molar-refractivity contribution in [2.24, 2.45) is 5.41 Å². The number of hydrogen-bond donors (Lipinski definition) is 1. The van der Waals surface area contributed by atoms with Gasteiger partial charge in [-0.2, -0.15) is 9.78 Å². The second-order valence-corrected chi connectivity index (χ2v) is 11.0. The summed E-state index contributed by atoms with van der Waals surface area (Å²) in [5.74, 6) is -0.0192. The van der Waals surface area contributed by atoms with E-state index >= 15 is 0 Å². The topological polar surface area (TPSA) is 76.5 Å². The highest BCUT2D eigenvalue weighted by molar-refractivity contribution is 5.94. The molecule has 3 heterocycles. The highest BCUT2D eigenvalue weighted by Crippen LogP contribution is 2.38. The lowest BCUT2D eigenvalue weighted by Gasteiger charge is -2.40. The van der Waals surface area contributed by atoms with Crippen molar-refractivity contribution in [2.45, 2.75) is 91.0 Å². The first-order valence-corrected chi connectivity index (χ1v) is 11.2. The first-order chi connectivity index (χ1) is 14.4. The number of ether oxygens (including phenoxy) is 1. The minimum absolute atomic E-state index is 0.0192. The molecule has 31 heavy (non-hydrogen) atoms. The Kier molecular flexibility index (Phi) is 5.26. The lowest BCUT2D eigenvalue weighted by Crippen LogP contribution is -2.51. The van der Waals surface area contributed by atoms with E-state index in [2.05, 4.69) is 16.5 Å². The predicted octanol–water partition coefficient (Wildman–Crippen LogP) is 5.07. The van der Waals surface area contributed by atoms with Crippen LogP contribution >= 0.6 is 0 Å². The number of piperidine rings is 1. The minimum Gasteiger partial charge on any atom is -0.444 e. The average molecular weight is 427 g/mol. The zero-order valence-electron chi connectivity index (χ0n) is 19.4. The van der Waals surface area contributed by atoms with Gasteiger partial charge in [0.15, 0.2) is 0 Å². The van der Waals surface area contributed by atoms with Crippen LogP contribution in [0.1, 0.15) is 72.0 Å². The van der Waals surface area contributed by atoms with Crippen LogP contribution in [-0.2, 0) is 4.74 Å². The Bertz CT molecular complexity index is 984. The summed E-state index contributed by atoms with van der Waals surface area (Å²) in [7, 11) is 0. The maximum Gasteiger partial charge on any atom is 0.410 e. The average Bonchev–Trinajstić information content (AvgIpc) is 3.17.